The number of amides is 11. The molecule has 520 valence electrons. The van der Waals surface area contributed by atoms with Crippen molar-refractivity contribution >= 4 is 82.7 Å². The molecule has 1 aliphatic rings. The molecule has 1 aliphatic heterocycles. The van der Waals surface area contributed by atoms with E-state index in [1.54, 1.807) is 115 Å². The van der Waals surface area contributed by atoms with Gasteiger partial charge in [0.15, 0.2) is 17.7 Å². The zero-order valence-electron chi connectivity index (χ0n) is 53.9. The zero-order valence-corrected chi connectivity index (χ0v) is 53.9. The summed E-state index contributed by atoms with van der Waals surface area (Å²) in [5.74, 6) is -11.0. The molecule has 5 aromatic rings. The van der Waals surface area contributed by atoms with Crippen LogP contribution >= 0.6 is 0 Å². The minimum absolute atomic E-state index is 0.0116. The topological polar surface area (TPSA) is 514 Å². The van der Waals surface area contributed by atoms with Crippen LogP contribution in [0.25, 0.3) is 0 Å². The number of rotatable bonds is 38. The fourth-order valence-corrected chi connectivity index (χ4v) is 10.9. The number of phenolic OH excluding ortho intramolecular Hbond substituents is 1. The molecule has 0 bridgehead atoms. The van der Waals surface area contributed by atoms with Crippen LogP contribution in [-0.2, 0) is 78.4 Å². The van der Waals surface area contributed by atoms with E-state index >= 15 is 0 Å². The van der Waals surface area contributed by atoms with Gasteiger partial charge in [-0.15, -0.1) is 0 Å². The number of benzene rings is 5. The van der Waals surface area contributed by atoms with E-state index in [4.69, 9.17) is 39.5 Å². The van der Waals surface area contributed by atoms with Crippen molar-refractivity contribution in [2.24, 2.45) is 28.7 Å². The molecule has 0 saturated carbocycles. The maximum Gasteiger partial charge on any atom is 0.245 e. The molecule has 11 amide bonds. The van der Waals surface area contributed by atoms with Crippen LogP contribution in [0.1, 0.15) is 96.0 Å². The SMILES string of the molecule is N=C(N)NCCC[C@H](NC(=O)[C@@H]1CCCN1C(=O)[C@H](CCCNC(=N)N)NC(=O)[C@H](CC(N)=O)NC(=O)[C@H](CCC(N)=O)NC(=O)[C@H](Cc1ccccc1)NC(=O)[C@@H](Cc1ccc(C(=O)c2ccccc2)cc1)NC(=O)Cc1ccccc1)C(=O)N[C@@H](Cc1ccc(O)cc1)C(N)=O. The summed E-state index contributed by atoms with van der Waals surface area (Å²) in [4.78, 5) is 168. The molecule has 1 heterocycles. The van der Waals surface area contributed by atoms with Gasteiger partial charge in [0, 0.05) is 56.4 Å². The lowest BCUT2D eigenvalue weighted by atomic mass is 9.98. The van der Waals surface area contributed by atoms with Crippen LogP contribution in [0.4, 0.5) is 0 Å². The van der Waals surface area contributed by atoms with E-state index in [0.717, 1.165) is 0 Å². The Morgan fingerprint density at radius 1 is 0.459 bits per heavy atom. The summed E-state index contributed by atoms with van der Waals surface area (Å²) < 4.78 is 0. The van der Waals surface area contributed by atoms with Crippen molar-refractivity contribution < 1.29 is 62.6 Å². The van der Waals surface area contributed by atoms with Gasteiger partial charge in [0.1, 0.15) is 54.1 Å². The second-order valence-corrected chi connectivity index (χ2v) is 23.5. The van der Waals surface area contributed by atoms with Gasteiger partial charge < -0.3 is 86.5 Å². The van der Waals surface area contributed by atoms with Gasteiger partial charge in [0.2, 0.25) is 65.0 Å². The lowest BCUT2D eigenvalue weighted by Gasteiger charge is -2.31. The average molecular weight is 1350 g/mol. The number of hydrogen-bond donors (Lipinski definition) is 17. The first-order valence-corrected chi connectivity index (χ1v) is 31.8. The summed E-state index contributed by atoms with van der Waals surface area (Å²) in [7, 11) is 0. The lowest BCUT2D eigenvalue weighted by Crippen LogP contribution is -2.61. The summed E-state index contributed by atoms with van der Waals surface area (Å²) in [6.07, 6.45) is -2.10. The number of carbonyl (C=O) groups is 12. The van der Waals surface area contributed by atoms with Gasteiger partial charge in [0.05, 0.1) is 12.8 Å². The number of aromatic hydroxyl groups is 1. The maximum atomic E-state index is 14.8. The fraction of sp³-hybridized carbons (Fsp3) is 0.353. The Labute approximate surface area is 565 Å². The van der Waals surface area contributed by atoms with Crippen LogP contribution < -0.4 is 76.5 Å². The van der Waals surface area contributed by atoms with E-state index in [-0.39, 0.29) is 101 Å². The molecule has 0 spiro atoms. The van der Waals surface area contributed by atoms with Crippen molar-refractivity contribution in [2.75, 3.05) is 19.6 Å². The van der Waals surface area contributed by atoms with Crippen molar-refractivity contribution in [1.29, 1.82) is 10.8 Å². The third-order valence-corrected chi connectivity index (χ3v) is 15.9. The minimum atomic E-state index is -1.88. The molecule has 5 aromatic carbocycles. The third-order valence-electron chi connectivity index (χ3n) is 15.9. The molecule has 98 heavy (non-hydrogen) atoms. The maximum absolute atomic E-state index is 14.8. The summed E-state index contributed by atoms with van der Waals surface area (Å²) in [6.45, 7) is 0.0812. The molecule has 22 N–H and O–H groups in total. The molecule has 0 aromatic heterocycles. The highest BCUT2D eigenvalue weighted by atomic mass is 16.3. The molecule has 1 saturated heterocycles. The van der Waals surface area contributed by atoms with E-state index in [1.807, 2.05) is 0 Å². The molecule has 1 fully saturated rings. The Kier molecular flexibility index (Phi) is 29.2. The number of nitrogens with zero attached hydrogens (tertiary/aromatic N) is 1. The first kappa shape index (κ1) is 75.3. The Hall–Kier alpha value is -11.7. The van der Waals surface area contributed by atoms with E-state index in [2.05, 4.69) is 47.9 Å². The van der Waals surface area contributed by atoms with Crippen LogP contribution in [0.2, 0.25) is 0 Å². The molecule has 8 atom stereocenters. The monoisotopic (exact) mass is 1350 g/mol. The fourth-order valence-electron chi connectivity index (χ4n) is 10.9. The number of nitrogens with one attached hydrogen (secondary N) is 11. The normalized spacial score (nSPS) is 14.5. The van der Waals surface area contributed by atoms with Crippen molar-refractivity contribution in [3.8, 4) is 5.75 Å². The van der Waals surface area contributed by atoms with E-state index < -0.39 is 139 Å². The zero-order chi connectivity index (χ0) is 71.3. The van der Waals surface area contributed by atoms with Gasteiger partial charge in [-0.2, -0.15) is 0 Å². The van der Waals surface area contributed by atoms with Crippen molar-refractivity contribution in [3.05, 3.63) is 173 Å². The van der Waals surface area contributed by atoms with Crippen molar-refractivity contribution in [3.63, 3.8) is 0 Å². The number of carbonyl (C=O) groups excluding carboxylic acids is 12. The van der Waals surface area contributed by atoms with Crippen LogP contribution in [0.15, 0.2) is 140 Å². The predicted octanol–water partition coefficient (Wildman–Crippen LogP) is -1.57. The third kappa shape index (κ3) is 24.9. The summed E-state index contributed by atoms with van der Waals surface area (Å²) >= 11 is 0. The highest BCUT2D eigenvalue weighted by Crippen LogP contribution is 2.22. The van der Waals surface area contributed by atoms with Crippen LogP contribution in [0.3, 0.4) is 0 Å². The number of phenols is 1. The van der Waals surface area contributed by atoms with E-state index in [1.165, 1.54) is 29.2 Å². The first-order valence-electron chi connectivity index (χ1n) is 31.8. The molecule has 30 nitrogen and oxygen atoms in total. The molecule has 0 radical (unpaired) electrons. The van der Waals surface area contributed by atoms with Gasteiger partial charge in [0.25, 0.3) is 0 Å². The summed E-state index contributed by atoms with van der Waals surface area (Å²) in [6, 6.07) is 26.2. The van der Waals surface area contributed by atoms with Gasteiger partial charge in [-0.1, -0.05) is 127 Å². The molecular formula is C68H85N17O13. The number of ketones is 1. The van der Waals surface area contributed by atoms with Crippen LogP contribution in [-0.4, -0.2) is 161 Å². The van der Waals surface area contributed by atoms with Crippen LogP contribution in [0, 0.1) is 10.8 Å². The molecule has 6 rings (SSSR count). The minimum Gasteiger partial charge on any atom is -0.508 e. The molecule has 0 unspecified atom stereocenters. The number of hydrogen-bond acceptors (Lipinski definition) is 15. The Morgan fingerprint density at radius 3 is 1.43 bits per heavy atom. The first-order chi connectivity index (χ1) is 46.8. The van der Waals surface area contributed by atoms with Gasteiger partial charge in [-0.25, -0.2) is 0 Å². The second kappa shape index (κ2) is 38.0. The predicted molar refractivity (Wildman–Crippen MR) is 360 cm³/mol. The van der Waals surface area contributed by atoms with Gasteiger partial charge in [-0.05, 0) is 79.3 Å². The second-order valence-electron chi connectivity index (χ2n) is 23.5. The highest BCUT2D eigenvalue weighted by molar-refractivity contribution is 6.09. The Balaban J connectivity index is 1.22. The number of primary amides is 3. The largest absolute Gasteiger partial charge is 0.508 e. The molecule has 30 heteroatoms. The van der Waals surface area contributed by atoms with E-state index in [9.17, 15) is 62.6 Å². The smallest absolute Gasteiger partial charge is 0.245 e. The van der Waals surface area contributed by atoms with Gasteiger partial charge in [-0.3, -0.25) is 68.4 Å². The van der Waals surface area contributed by atoms with Gasteiger partial charge >= 0.3 is 0 Å². The lowest BCUT2D eigenvalue weighted by molar-refractivity contribution is -0.143. The number of likely N-dealkylation sites (tertiary alicyclic amines) is 1. The van der Waals surface area contributed by atoms with Crippen LogP contribution in [0.5, 0.6) is 5.75 Å². The highest BCUT2D eigenvalue weighted by Gasteiger charge is 2.41. The van der Waals surface area contributed by atoms with Crippen molar-refractivity contribution in [1.82, 2.24) is 52.8 Å². The Bertz CT molecular complexity index is 3620. The quantitative estimate of drug-likeness (QED) is 0.00919. The van der Waals surface area contributed by atoms with Crippen molar-refractivity contribution in [2.45, 2.75) is 132 Å². The summed E-state index contributed by atoms with van der Waals surface area (Å²) in [5, 5.41) is 48.5. The molecule has 0 aliphatic carbocycles. The Morgan fingerprint density at radius 2 is 0.888 bits per heavy atom. The summed E-state index contributed by atoms with van der Waals surface area (Å²) in [5.41, 5.74) is 30.9. The number of guanidine groups is 2. The average Bonchev–Trinajstić information content (AvgIpc) is 1.55. The molecular weight excluding hydrogens is 1260 g/mol. The standard InChI is InChI=1S/C68H85N17O13/c69-55(87)31-30-48(79-63(95)52(36-40-13-4-1-5-14-40)83-62(94)51(78-57(89)38-41-15-6-2-7-16-41)37-42-22-26-45(27-23-42)58(90)44-17-8-3-9-18-44)61(93)84-53(39-56(70)88)64(96)81-49(20-11-33-77-68(74)75)66(98)85-34-12-21-54(85)65(97)80-47(19-10-32-76-67(72)73)60(92)82-50(59(71)91)35-43-24-28-46(86)29-25-43/h1-9,13-18,22-29,47-54,86H,10-12,19-21,30-39H2,(H2,69,87)(H2,70,88)(H2,71,91)(H,78,89)(H,79,95)(H,80,97)(H,81,96)(H,82,92)(H,83,94)(H,84,93)(H4,72,73,76)(H4,74,75,77)/t47-,48-,49-,50-,51+,52-,53-,54-/m0/s1. The van der Waals surface area contributed by atoms with E-state index in [0.29, 0.717) is 33.4 Å². The number of nitrogens with two attached hydrogens (primary N) is 5.